The maximum Gasteiger partial charge on any atom is 0.270 e. The fourth-order valence-electron chi connectivity index (χ4n) is 12.9. The molecule has 0 fully saturated rings. The van der Waals surface area contributed by atoms with E-state index in [1.807, 2.05) is 130 Å². The van der Waals surface area contributed by atoms with Crippen LogP contribution in [-0.4, -0.2) is 146 Å². The molecule has 0 aliphatic heterocycles. The van der Waals surface area contributed by atoms with E-state index in [0.717, 1.165) is 100 Å². The summed E-state index contributed by atoms with van der Waals surface area (Å²) in [6.07, 6.45) is 2.49. The third kappa shape index (κ3) is 17.7. The van der Waals surface area contributed by atoms with Crippen LogP contribution in [0.4, 0.5) is 0 Å². The smallest absolute Gasteiger partial charge is 0.270 e. The number of hydrogen-bond acceptors (Lipinski definition) is 16. The van der Waals surface area contributed by atoms with E-state index < -0.39 is 0 Å². The summed E-state index contributed by atoms with van der Waals surface area (Å²) < 4.78 is 5.15. The zero-order chi connectivity index (χ0) is 78.3. The number of aromatic nitrogens is 13. The van der Waals surface area contributed by atoms with E-state index in [2.05, 4.69) is 183 Å². The summed E-state index contributed by atoms with van der Waals surface area (Å²) in [5.74, 6) is -1.06. The Hall–Kier alpha value is -14.3. The van der Waals surface area contributed by atoms with Gasteiger partial charge < -0.3 is 36.4 Å². The average molecular weight is 1500 g/mol. The summed E-state index contributed by atoms with van der Waals surface area (Å²) in [6, 6.07) is 76.4. The van der Waals surface area contributed by atoms with E-state index in [1.54, 1.807) is 49.7 Å². The number of aromatic amines is 4. The monoisotopic (exact) mass is 1500 g/mol. The zero-order valence-corrected chi connectivity index (χ0v) is 62.5. The Morgan fingerprint density at radius 1 is 0.407 bits per heavy atom. The van der Waals surface area contributed by atoms with Crippen LogP contribution in [0, 0.1) is 5.92 Å². The topological polar surface area (TPSA) is 354 Å². The Kier molecular flexibility index (Phi) is 23.3. The van der Waals surface area contributed by atoms with Gasteiger partial charge in [0.25, 0.3) is 23.6 Å². The first kappa shape index (κ1) is 75.5. The lowest BCUT2D eigenvalue weighted by molar-refractivity contribution is -0.118. The molecule has 17 rings (SSSR count). The minimum Gasteiger partial charge on any atom is -0.394 e. The van der Waals surface area contributed by atoms with Gasteiger partial charge in [-0.3, -0.25) is 49.4 Å². The van der Waals surface area contributed by atoms with Crippen molar-refractivity contribution in [3.8, 4) is 45.0 Å². The SMILES string of the molecule is CC(=O)NCCNC(=O)c1ccc2[nH]nc(-c3ccc4ccccc4c3)c2n1.CC(C)C(CO)NC(=O)c1ccc2[nH]nc(-c3ccc4ccccc4c3)c2n1.CCC(COC)NC(=O)c1ccc2[nH]nc(-c3ccc4ccccc4c3)c2n1.O=C(NCc1ccccn1)c1ccc2[nH]nc(-c3ccc4ccccc4c3)c2n1. The third-order valence-corrected chi connectivity index (χ3v) is 19.1. The van der Waals surface area contributed by atoms with Crippen molar-refractivity contribution < 1.29 is 33.8 Å². The van der Waals surface area contributed by atoms with Gasteiger partial charge in [-0.15, -0.1) is 0 Å². The Labute approximate surface area is 647 Å². The molecule has 2 atom stereocenters. The van der Waals surface area contributed by atoms with Gasteiger partial charge in [0.05, 0.1) is 59.6 Å². The van der Waals surface area contributed by atoms with E-state index in [1.165, 1.54) is 17.7 Å². The summed E-state index contributed by atoms with van der Waals surface area (Å²) in [5, 5.41) is 62.3. The molecule has 0 spiro atoms. The van der Waals surface area contributed by atoms with E-state index >= 15 is 0 Å². The molecule has 564 valence electrons. The van der Waals surface area contributed by atoms with Gasteiger partial charge >= 0.3 is 0 Å². The second-order valence-electron chi connectivity index (χ2n) is 27.2. The predicted molar refractivity (Wildman–Crippen MR) is 440 cm³/mol. The first-order valence-corrected chi connectivity index (χ1v) is 36.9. The van der Waals surface area contributed by atoms with Gasteiger partial charge in [-0.1, -0.05) is 172 Å². The van der Waals surface area contributed by atoms with Crippen molar-refractivity contribution >= 4 is 117 Å². The van der Waals surface area contributed by atoms with Gasteiger partial charge in [-0.25, -0.2) is 19.9 Å². The fourth-order valence-corrected chi connectivity index (χ4v) is 12.9. The molecule has 0 saturated carbocycles. The van der Waals surface area contributed by atoms with Crippen molar-refractivity contribution in [2.24, 2.45) is 5.92 Å². The molecular formula is C88H80N18O7. The van der Waals surface area contributed by atoms with Crippen LogP contribution in [0.3, 0.4) is 0 Å². The molecule has 5 amide bonds. The van der Waals surface area contributed by atoms with Crippen LogP contribution in [0.5, 0.6) is 0 Å². The Morgan fingerprint density at radius 2 is 0.752 bits per heavy atom. The number of aliphatic hydroxyl groups excluding tert-OH is 1. The van der Waals surface area contributed by atoms with Gasteiger partial charge in [0.15, 0.2) is 0 Å². The predicted octanol–water partition coefficient (Wildman–Crippen LogP) is 14.2. The van der Waals surface area contributed by atoms with Crippen LogP contribution in [0.1, 0.15) is 81.8 Å². The van der Waals surface area contributed by atoms with E-state index in [9.17, 15) is 29.1 Å². The number of nitrogens with zero attached hydrogens (tertiary/aromatic N) is 9. The maximum absolute atomic E-state index is 12.6. The number of carbonyl (C=O) groups is 5. The molecule has 9 heterocycles. The van der Waals surface area contributed by atoms with E-state index in [4.69, 9.17) is 4.74 Å². The highest BCUT2D eigenvalue weighted by molar-refractivity contribution is 6.03. The first-order valence-electron chi connectivity index (χ1n) is 36.9. The minimum absolute atomic E-state index is 0.0423. The second-order valence-corrected chi connectivity index (χ2v) is 27.2. The van der Waals surface area contributed by atoms with Crippen LogP contribution in [0.15, 0.2) is 243 Å². The molecule has 25 nitrogen and oxygen atoms in total. The summed E-state index contributed by atoms with van der Waals surface area (Å²) in [5.41, 5.74) is 14.5. The van der Waals surface area contributed by atoms with E-state index in [0.29, 0.717) is 82.5 Å². The van der Waals surface area contributed by atoms with Crippen LogP contribution < -0.4 is 26.6 Å². The highest BCUT2D eigenvalue weighted by atomic mass is 16.5. The minimum atomic E-state index is -0.311. The van der Waals surface area contributed by atoms with Crippen molar-refractivity contribution in [2.45, 2.75) is 52.7 Å². The van der Waals surface area contributed by atoms with Crippen molar-refractivity contribution in [1.29, 1.82) is 0 Å². The van der Waals surface area contributed by atoms with Gasteiger partial charge in [-0.05, 0) is 140 Å². The molecule has 0 aliphatic rings. The Morgan fingerprint density at radius 3 is 1.09 bits per heavy atom. The van der Waals surface area contributed by atoms with Crippen LogP contribution in [0.2, 0.25) is 0 Å². The van der Waals surface area contributed by atoms with Crippen LogP contribution in [-0.2, 0) is 16.1 Å². The molecule has 25 heteroatoms. The maximum atomic E-state index is 12.6. The summed E-state index contributed by atoms with van der Waals surface area (Å²) >= 11 is 0. The van der Waals surface area contributed by atoms with Gasteiger partial charge in [0.1, 0.15) is 67.6 Å². The number of hydrogen-bond donors (Lipinski definition) is 10. The number of benzene rings is 8. The molecule has 0 bridgehead atoms. The number of nitrogens with one attached hydrogen (secondary N) is 9. The summed E-state index contributed by atoms with van der Waals surface area (Å²) in [4.78, 5) is 83.5. The quantitative estimate of drug-likeness (QED) is 0.0317. The highest BCUT2D eigenvalue weighted by Crippen LogP contribution is 2.33. The lowest BCUT2D eigenvalue weighted by atomic mass is 10.0. The number of pyridine rings is 5. The van der Waals surface area contributed by atoms with E-state index in [-0.39, 0.29) is 54.1 Å². The average Bonchev–Trinajstić information content (AvgIpc) is 1.65. The first-order chi connectivity index (χ1) is 55.1. The van der Waals surface area contributed by atoms with Gasteiger partial charge in [-0.2, -0.15) is 20.4 Å². The fraction of sp³-hybridized carbons (Fsp3) is 0.159. The number of aliphatic hydroxyl groups is 1. The van der Waals surface area contributed by atoms with Crippen molar-refractivity contribution in [3.05, 3.63) is 271 Å². The molecule has 2 unspecified atom stereocenters. The number of fused-ring (bicyclic) bond motifs is 8. The van der Waals surface area contributed by atoms with Crippen LogP contribution in [0.25, 0.3) is 132 Å². The molecule has 113 heavy (non-hydrogen) atoms. The highest BCUT2D eigenvalue weighted by Gasteiger charge is 2.22. The second kappa shape index (κ2) is 34.9. The number of ether oxygens (including phenoxy) is 1. The van der Waals surface area contributed by atoms with Crippen LogP contribution >= 0.6 is 0 Å². The number of amides is 5. The van der Waals surface area contributed by atoms with Gasteiger partial charge in [0.2, 0.25) is 5.91 Å². The molecule has 17 aromatic rings. The molecule has 0 saturated heterocycles. The lowest BCUT2D eigenvalue weighted by Gasteiger charge is -2.19. The number of H-pyrrole nitrogens is 4. The molecular weight excluding hydrogens is 1420 g/mol. The number of carbonyl (C=O) groups excluding carboxylic acids is 5. The van der Waals surface area contributed by atoms with Crippen molar-refractivity contribution in [3.63, 3.8) is 0 Å². The molecule has 10 N–H and O–H groups in total. The van der Waals surface area contributed by atoms with Gasteiger partial charge in [0, 0.05) is 55.6 Å². The lowest BCUT2D eigenvalue weighted by Crippen LogP contribution is -2.41. The molecule has 0 aliphatic carbocycles. The van der Waals surface area contributed by atoms with Crippen molar-refractivity contribution in [1.82, 2.24) is 92.3 Å². The standard InChI is InChI=1S/C23H17N5O.2C22H22N4O2.C21H19N5O2/c29-23(25-14-18-7-3-4-12-24-18)20-11-10-19-22(26-20)21(28-27-19)17-9-8-15-5-1-2-6-16(15)13-17;1-13(2)19(12-27)24-22(28)18-10-9-17-21(23-18)20(26-25-17)16-8-7-14-5-3-4-6-15(14)11-16;1-3-17(13-28-2)23-22(27)19-11-10-18-21(24-19)20(26-25-18)16-9-8-14-6-4-5-7-15(14)12-16;1-13(27)22-10-11-23-21(28)18-9-8-17-20(24-18)19(26-25-17)16-7-6-14-4-2-3-5-15(14)12-16/h1-13H,14H2,(H,25,29)(H,27,28);3-11,13,19,27H,12H2,1-2H3,(H,24,28)(H,25,26);4-12,17H,3,13H2,1-2H3,(H,23,27)(H,25,26);2-9,12H,10-11H2,1H3,(H,22,27)(H,23,28)(H,25,26). The molecule has 8 aromatic carbocycles. The Bertz CT molecular complexity index is 6310. The molecule has 9 aromatic heterocycles. The third-order valence-electron chi connectivity index (χ3n) is 19.1. The zero-order valence-electron chi connectivity index (χ0n) is 62.5. The van der Waals surface area contributed by atoms with Crippen molar-refractivity contribution in [2.75, 3.05) is 33.4 Å². The summed E-state index contributed by atoms with van der Waals surface area (Å²) in [7, 11) is 1.63. The number of rotatable bonds is 20. The summed E-state index contributed by atoms with van der Waals surface area (Å²) in [6.45, 7) is 8.76. The molecule has 0 radical (unpaired) electrons. The largest absolute Gasteiger partial charge is 0.394 e. The number of methoxy groups -OCH3 is 1. The Balaban J connectivity index is 0.000000125. The normalized spacial score (nSPS) is 11.7.